The fraction of sp³-hybridized carbons (Fsp3) is 0.312. The van der Waals surface area contributed by atoms with E-state index in [1.165, 1.54) is 12.1 Å². The SMILES string of the molecule is O=C(c1ccc(-c2ccc(F)cc2)o1)N1CCC(O)CC1. The van der Waals surface area contributed by atoms with Crippen molar-refractivity contribution in [3.63, 3.8) is 0 Å². The molecule has 0 saturated carbocycles. The lowest BCUT2D eigenvalue weighted by molar-refractivity contribution is 0.0520. The number of carbonyl (C=O) groups is 1. The number of nitrogens with zero attached hydrogens (tertiary/aromatic N) is 1. The standard InChI is InChI=1S/C16H16FNO3/c17-12-3-1-11(2-4-12)14-5-6-15(21-14)16(20)18-9-7-13(19)8-10-18/h1-6,13,19H,7-10H2. The molecule has 2 aromatic rings. The number of furan rings is 1. The maximum Gasteiger partial charge on any atom is 0.289 e. The number of likely N-dealkylation sites (tertiary alicyclic amines) is 1. The predicted octanol–water partition coefficient (Wildman–Crippen LogP) is 2.68. The molecule has 0 atom stereocenters. The van der Waals surface area contributed by atoms with Crippen molar-refractivity contribution in [3.05, 3.63) is 48.0 Å². The summed E-state index contributed by atoms with van der Waals surface area (Å²) in [7, 11) is 0. The predicted molar refractivity (Wildman–Crippen MR) is 75.2 cm³/mol. The van der Waals surface area contributed by atoms with Gasteiger partial charge in [-0.1, -0.05) is 0 Å². The van der Waals surface area contributed by atoms with Crippen LogP contribution in [-0.2, 0) is 0 Å². The van der Waals surface area contributed by atoms with Crippen molar-refractivity contribution >= 4 is 5.91 Å². The van der Waals surface area contributed by atoms with Crippen LogP contribution in [0.3, 0.4) is 0 Å². The molecule has 1 amide bonds. The van der Waals surface area contributed by atoms with Crippen molar-refractivity contribution in [2.75, 3.05) is 13.1 Å². The lowest BCUT2D eigenvalue weighted by atomic mass is 10.1. The largest absolute Gasteiger partial charge is 0.451 e. The van der Waals surface area contributed by atoms with Crippen molar-refractivity contribution in [2.45, 2.75) is 18.9 Å². The summed E-state index contributed by atoms with van der Waals surface area (Å²) in [4.78, 5) is 14.0. The molecule has 0 bridgehead atoms. The second-order valence-corrected chi connectivity index (χ2v) is 5.19. The van der Waals surface area contributed by atoms with Gasteiger partial charge in [0.1, 0.15) is 11.6 Å². The number of hydrogen-bond acceptors (Lipinski definition) is 3. The first-order chi connectivity index (χ1) is 10.1. The fourth-order valence-corrected chi connectivity index (χ4v) is 2.45. The van der Waals surface area contributed by atoms with E-state index in [-0.39, 0.29) is 23.6 Å². The smallest absolute Gasteiger partial charge is 0.289 e. The van der Waals surface area contributed by atoms with E-state index in [4.69, 9.17) is 4.42 Å². The maximum atomic E-state index is 12.9. The van der Waals surface area contributed by atoms with Crippen LogP contribution in [0.25, 0.3) is 11.3 Å². The summed E-state index contributed by atoms with van der Waals surface area (Å²) in [6.07, 6.45) is 0.870. The van der Waals surface area contributed by atoms with Crippen molar-refractivity contribution in [2.24, 2.45) is 0 Å². The van der Waals surface area contributed by atoms with Gasteiger partial charge in [-0.15, -0.1) is 0 Å². The minimum atomic E-state index is -0.319. The highest BCUT2D eigenvalue weighted by atomic mass is 19.1. The Kier molecular flexibility index (Phi) is 3.75. The molecule has 4 nitrogen and oxygen atoms in total. The molecule has 1 aliphatic rings. The summed E-state index contributed by atoms with van der Waals surface area (Å²) >= 11 is 0. The van der Waals surface area contributed by atoms with Crippen LogP contribution in [0.15, 0.2) is 40.8 Å². The zero-order valence-electron chi connectivity index (χ0n) is 11.5. The molecule has 1 aliphatic heterocycles. The molecule has 1 aromatic heterocycles. The number of carbonyl (C=O) groups excluding carboxylic acids is 1. The Morgan fingerprint density at radius 3 is 2.48 bits per heavy atom. The molecule has 21 heavy (non-hydrogen) atoms. The monoisotopic (exact) mass is 289 g/mol. The molecule has 0 spiro atoms. The van der Waals surface area contributed by atoms with Gasteiger partial charge in [0.05, 0.1) is 6.10 Å². The molecule has 1 N–H and O–H groups in total. The van der Waals surface area contributed by atoms with Crippen LogP contribution in [0.4, 0.5) is 4.39 Å². The first-order valence-corrected chi connectivity index (χ1v) is 6.96. The molecular weight excluding hydrogens is 273 g/mol. The normalized spacial score (nSPS) is 16.2. The number of aliphatic hydroxyl groups is 1. The van der Waals surface area contributed by atoms with Crippen molar-refractivity contribution < 1.29 is 18.7 Å². The number of piperidine rings is 1. The van der Waals surface area contributed by atoms with E-state index < -0.39 is 0 Å². The first-order valence-electron chi connectivity index (χ1n) is 6.96. The summed E-state index contributed by atoms with van der Waals surface area (Å²) in [6, 6.07) is 9.27. The molecule has 3 rings (SSSR count). The number of rotatable bonds is 2. The van der Waals surface area contributed by atoms with Crippen molar-refractivity contribution in [3.8, 4) is 11.3 Å². The lowest BCUT2D eigenvalue weighted by Gasteiger charge is -2.28. The fourth-order valence-electron chi connectivity index (χ4n) is 2.45. The molecule has 1 aromatic carbocycles. The van der Waals surface area contributed by atoms with Gasteiger partial charge in [-0.3, -0.25) is 4.79 Å². The number of hydrogen-bond donors (Lipinski definition) is 1. The van der Waals surface area contributed by atoms with Gasteiger partial charge in [0.2, 0.25) is 0 Å². The van der Waals surface area contributed by atoms with Gasteiger partial charge in [0.25, 0.3) is 5.91 Å². The summed E-state index contributed by atoms with van der Waals surface area (Å²) in [5, 5.41) is 9.46. The van der Waals surface area contributed by atoms with Crippen LogP contribution in [-0.4, -0.2) is 35.1 Å². The number of halogens is 1. The molecule has 110 valence electrons. The van der Waals surface area contributed by atoms with Gasteiger partial charge in [-0.25, -0.2) is 4.39 Å². The minimum absolute atomic E-state index is 0.171. The van der Waals surface area contributed by atoms with Gasteiger partial charge in [0.15, 0.2) is 5.76 Å². The van der Waals surface area contributed by atoms with Gasteiger partial charge in [-0.05, 0) is 49.2 Å². The van der Waals surface area contributed by atoms with Gasteiger partial charge >= 0.3 is 0 Å². The maximum absolute atomic E-state index is 12.9. The number of aliphatic hydroxyl groups excluding tert-OH is 1. The zero-order valence-corrected chi connectivity index (χ0v) is 11.5. The summed E-state index contributed by atoms with van der Waals surface area (Å²) < 4.78 is 18.5. The van der Waals surface area contributed by atoms with Gasteiger partial charge in [-0.2, -0.15) is 0 Å². The summed E-state index contributed by atoms with van der Waals surface area (Å²) in [6.45, 7) is 1.07. The molecule has 0 radical (unpaired) electrons. The van der Waals surface area contributed by atoms with Crippen LogP contribution in [0.1, 0.15) is 23.4 Å². The van der Waals surface area contributed by atoms with Crippen molar-refractivity contribution in [1.82, 2.24) is 4.90 Å². The molecule has 2 heterocycles. The Balaban J connectivity index is 1.75. The molecule has 1 saturated heterocycles. The second kappa shape index (κ2) is 5.69. The Bertz CT molecular complexity index is 627. The Hall–Kier alpha value is -2.14. The quantitative estimate of drug-likeness (QED) is 0.924. The topological polar surface area (TPSA) is 53.7 Å². The third kappa shape index (κ3) is 2.97. The highest BCUT2D eigenvalue weighted by Crippen LogP contribution is 2.24. The Morgan fingerprint density at radius 1 is 1.14 bits per heavy atom. The summed E-state index contributed by atoms with van der Waals surface area (Å²) in [5.41, 5.74) is 0.726. The Labute approximate surface area is 121 Å². The Morgan fingerprint density at radius 2 is 1.81 bits per heavy atom. The molecule has 0 unspecified atom stereocenters. The van der Waals surface area contributed by atoms with Crippen LogP contribution in [0.5, 0.6) is 0 Å². The van der Waals surface area contributed by atoms with Gasteiger partial charge < -0.3 is 14.4 Å². The third-order valence-corrected chi connectivity index (χ3v) is 3.70. The van der Waals surface area contributed by atoms with E-state index in [9.17, 15) is 14.3 Å². The van der Waals surface area contributed by atoms with E-state index in [2.05, 4.69) is 0 Å². The molecule has 0 aliphatic carbocycles. The van der Waals surface area contributed by atoms with Gasteiger partial charge in [0, 0.05) is 18.7 Å². The molecule has 5 heteroatoms. The van der Waals surface area contributed by atoms with Crippen LogP contribution in [0, 0.1) is 5.82 Å². The van der Waals surface area contributed by atoms with Crippen LogP contribution < -0.4 is 0 Å². The van der Waals surface area contributed by atoms with E-state index in [1.54, 1.807) is 29.2 Å². The highest BCUT2D eigenvalue weighted by Gasteiger charge is 2.24. The first kappa shape index (κ1) is 13.8. The molecular formula is C16H16FNO3. The van der Waals surface area contributed by atoms with E-state index >= 15 is 0 Å². The summed E-state index contributed by atoms with van der Waals surface area (Å²) in [5.74, 6) is 0.324. The average molecular weight is 289 g/mol. The number of benzene rings is 1. The van der Waals surface area contributed by atoms with E-state index in [0.717, 1.165) is 5.56 Å². The molecule has 1 fully saturated rings. The third-order valence-electron chi connectivity index (χ3n) is 3.70. The van der Waals surface area contributed by atoms with Crippen molar-refractivity contribution in [1.29, 1.82) is 0 Å². The second-order valence-electron chi connectivity index (χ2n) is 5.19. The highest BCUT2D eigenvalue weighted by molar-refractivity contribution is 5.92. The van der Waals surface area contributed by atoms with E-state index in [1.807, 2.05) is 0 Å². The number of amides is 1. The minimum Gasteiger partial charge on any atom is -0.451 e. The van der Waals surface area contributed by atoms with Crippen LogP contribution in [0.2, 0.25) is 0 Å². The van der Waals surface area contributed by atoms with E-state index in [0.29, 0.717) is 31.7 Å². The lowest BCUT2D eigenvalue weighted by Crippen LogP contribution is -2.39. The average Bonchev–Trinajstić information content (AvgIpc) is 2.98. The van der Waals surface area contributed by atoms with Crippen LogP contribution >= 0.6 is 0 Å². The zero-order chi connectivity index (χ0) is 14.8.